The largest absolute Gasteiger partial charge is 0.462 e. The van der Waals surface area contributed by atoms with Crippen LogP contribution in [0.25, 0.3) is 0 Å². The fraction of sp³-hybridized carbons (Fsp3) is 0.435. The molecule has 5 N–H and O–H groups in total. The number of aliphatic hydroxyl groups is 2. The lowest BCUT2D eigenvalue weighted by molar-refractivity contribution is -0.765. The number of ether oxygens (including phenoxy) is 2. The fourth-order valence-electron chi connectivity index (χ4n) is 3.42. The minimum atomic E-state index is -4.20. The second-order valence-corrected chi connectivity index (χ2v) is 10.2. The Labute approximate surface area is 208 Å². The first-order valence-corrected chi connectivity index (χ1v) is 12.8. The summed E-state index contributed by atoms with van der Waals surface area (Å²) in [4.78, 5) is 23.8. The second kappa shape index (κ2) is 11.9. The molecule has 1 aromatic heterocycles. The number of aromatic nitrogens is 1. The molecule has 0 saturated carbocycles. The molecule has 1 unspecified atom stereocenters. The normalized spacial score (nSPS) is 24.2. The van der Waals surface area contributed by atoms with Crippen molar-refractivity contribution < 1.29 is 47.5 Å². The maximum atomic E-state index is 13.6. The van der Waals surface area contributed by atoms with Gasteiger partial charge in [0.25, 0.3) is 12.1 Å². The fourth-order valence-corrected chi connectivity index (χ4v) is 4.92. The van der Waals surface area contributed by atoms with Crippen LogP contribution in [0.2, 0.25) is 0 Å². The van der Waals surface area contributed by atoms with Crippen molar-refractivity contribution in [2.45, 2.75) is 57.5 Å². The van der Waals surface area contributed by atoms with E-state index in [0.717, 1.165) is 0 Å². The van der Waals surface area contributed by atoms with E-state index in [2.05, 4.69) is 5.09 Å². The molecule has 2 aromatic rings. The molecule has 0 aliphatic carbocycles. The number of nitrogens with one attached hydrogen (secondary N) is 1. The molecule has 3 rings (SSSR count). The number of primary amides is 1. The topological polar surface area (TPSA) is 171 Å². The van der Waals surface area contributed by atoms with E-state index in [0.29, 0.717) is 0 Å². The highest BCUT2D eigenvalue weighted by Gasteiger charge is 2.49. The van der Waals surface area contributed by atoms with E-state index < -0.39 is 56.8 Å². The van der Waals surface area contributed by atoms with E-state index in [1.54, 1.807) is 44.2 Å². The van der Waals surface area contributed by atoms with Gasteiger partial charge in [0, 0.05) is 6.07 Å². The number of hydrogen-bond donors (Lipinski definition) is 4. The number of hydrogen-bond acceptors (Lipinski definition) is 9. The van der Waals surface area contributed by atoms with Crippen molar-refractivity contribution in [3.8, 4) is 5.75 Å². The van der Waals surface area contributed by atoms with Crippen molar-refractivity contribution in [3.63, 3.8) is 0 Å². The van der Waals surface area contributed by atoms with E-state index in [-0.39, 0.29) is 17.4 Å². The lowest BCUT2D eigenvalue weighted by Crippen LogP contribution is -2.46. The third kappa shape index (κ3) is 7.10. The predicted molar refractivity (Wildman–Crippen MR) is 126 cm³/mol. The van der Waals surface area contributed by atoms with E-state index >= 15 is 0 Å². The Kier molecular flexibility index (Phi) is 9.18. The summed E-state index contributed by atoms with van der Waals surface area (Å²) in [5.41, 5.74) is 5.48. The van der Waals surface area contributed by atoms with Crippen LogP contribution in [0.15, 0.2) is 54.9 Å². The van der Waals surface area contributed by atoms with E-state index in [4.69, 9.17) is 24.3 Å². The Hall–Kier alpha value is -2.86. The molecule has 6 atom stereocenters. The molecule has 36 heavy (non-hydrogen) atoms. The Balaban J connectivity index is 1.74. The molecule has 2 heterocycles. The van der Waals surface area contributed by atoms with Crippen LogP contribution in [0.5, 0.6) is 5.75 Å². The maximum Gasteiger partial charge on any atom is 0.459 e. The molecule has 0 spiro atoms. The SMILES string of the molecule is CC(C)OC(=O)[C@H](C)N[P@](=O)(OC[C@H]1O[C@@H]([n+]2cccc(C(N)=O)c2)[C@@H](O)C1O)Oc1ccccc1. The molecular weight excluding hydrogens is 493 g/mol. The number of pyridine rings is 1. The molecular formula is C23H31N3O9P+. The zero-order valence-corrected chi connectivity index (χ0v) is 21.0. The van der Waals surface area contributed by atoms with E-state index in [1.165, 1.54) is 36.0 Å². The summed E-state index contributed by atoms with van der Waals surface area (Å²) in [5.74, 6) is -1.13. The van der Waals surface area contributed by atoms with Gasteiger partial charge in [-0.2, -0.15) is 9.65 Å². The number of nitrogens with two attached hydrogens (primary N) is 1. The molecule has 1 aliphatic heterocycles. The Morgan fingerprint density at radius 3 is 2.47 bits per heavy atom. The van der Waals surface area contributed by atoms with Gasteiger partial charge in [-0.3, -0.25) is 14.1 Å². The second-order valence-electron chi connectivity index (χ2n) is 8.48. The van der Waals surface area contributed by atoms with Crippen LogP contribution < -0.4 is 19.9 Å². The summed E-state index contributed by atoms with van der Waals surface area (Å²) in [7, 11) is -4.20. The van der Waals surface area contributed by atoms with Crippen LogP contribution in [-0.4, -0.2) is 59.2 Å². The van der Waals surface area contributed by atoms with Crippen molar-refractivity contribution in [1.29, 1.82) is 0 Å². The lowest BCUT2D eigenvalue weighted by atomic mass is 10.1. The molecule has 1 amide bonds. The summed E-state index contributed by atoms with van der Waals surface area (Å²) >= 11 is 0. The average Bonchev–Trinajstić information content (AvgIpc) is 3.11. The van der Waals surface area contributed by atoms with Gasteiger partial charge in [0.1, 0.15) is 29.6 Å². The van der Waals surface area contributed by atoms with Crippen molar-refractivity contribution in [1.82, 2.24) is 5.09 Å². The van der Waals surface area contributed by atoms with Crippen LogP contribution in [0.4, 0.5) is 0 Å². The molecule has 1 fully saturated rings. The van der Waals surface area contributed by atoms with E-state index in [1.807, 2.05) is 0 Å². The van der Waals surface area contributed by atoms with Gasteiger partial charge < -0.3 is 29.9 Å². The number of carbonyl (C=O) groups excluding carboxylic acids is 2. The molecule has 12 nitrogen and oxygen atoms in total. The first-order valence-electron chi connectivity index (χ1n) is 11.3. The molecule has 1 saturated heterocycles. The summed E-state index contributed by atoms with van der Waals surface area (Å²) in [5, 5.41) is 23.6. The minimum absolute atomic E-state index is 0.176. The van der Waals surface area contributed by atoms with Gasteiger partial charge in [0.2, 0.25) is 0 Å². The quantitative estimate of drug-likeness (QED) is 0.187. The number of para-hydroxylation sites is 1. The number of amides is 1. The smallest absolute Gasteiger partial charge is 0.459 e. The van der Waals surface area contributed by atoms with Crippen LogP contribution in [0.1, 0.15) is 37.4 Å². The molecule has 196 valence electrons. The molecule has 0 radical (unpaired) electrons. The molecule has 0 bridgehead atoms. The number of carbonyl (C=O) groups is 2. The van der Waals surface area contributed by atoms with Crippen molar-refractivity contribution in [2.75, 3.05) is 6.61 Å². The first-order chi connectivity index (χ1) is 17.0. The Morgan fingerprint density at radius 1 is 1.14 bits per heavy atom. The van der Waals surface area contributed by atoms with Crippen LogP contribution in [-0.2, 0) is 23.4 Å². The number of aliphatic hydroxyl groups excluding tert-OH is 2. The van der Waals surface area contributed by atoms with Gasteiger partial charge >= 0.3 is 13.7 Å². The van der Waals surface area contributed by atoms with Crippen molar-refractivity contribution in [2.24, 2.45) is 5.73 Å². The van der Waals surface area contributed by atoms with Crippen LogP contribution in [0, 0.1) is 0 Å². The number of nitrogens with zero attached hydrogens (tertiary/aromatic N) is 1. The Morgan fingerprint density at radius 2 is 1.83 bits per heavy atom. The average molecular weight is 524 g/mol. The third-order valence-corrected chi connectivity index (χ3v) is 6.82. The van der Waals surface area contributed by atoms with Gasteiger partial charge in [-0.15, -0.1) is 0 Å². The lowest BCUT2D eigenvalue weighted by Gasteiger charge is -2.24. The minimum Gasteiger partial charge on any atom is -0.462 e. The zero-order chi connectivity index (χ0) is 26.5. The van der Waals surface area contributed by atoms with Crippen molar-refractivity contribution in [3.05, 3.63) is 60.4 Å². The van der Waals surface area contributed by atoms with Gasteiger partial charge in [-0.1, -0.05) is 18.2 Å². The summed E-state index contributed by atoms with van der Waals surface area (Å²) in [6.45, 7) is 4.34. The predicted octanol–water partition coefficient (Wildman–Crippen LogP) is 0.826. The monoisotopic (exact) mass is 524 g/mol. The summed E-state index contributed by atoms with van der Waals surface area (Å²) < 4.78 is 37.0. The first kappa shape index (κ1) is 27.7. The highest BCUT2D eigenvalue weighted by Crippen LogP contribution is 2.45. The third-order valence-electron chi connectivity index (χ3n) is 5.17. The van der Waals surface area contributed by atoms with Crippen LogP contribution >= 0.6 is 7.75 Å². The Bertz CT molecular complexity index is 1100. The highest BCUT2D eigenvalue weighted by molar-refractivity contribution is 7.52. The summed E-state index contributed by atoms with van der Waals surface area (Å²) in [6, 6.07) is 10.2. The molecule has 1 aromatic carbocycles. The highest BCUT2D eigenvalue weighted by atomic mass is 31.2. The zero-order valence-electron chi connectivity index (χ0n) is 20.1. The molecule has 13 heteroatoms. The van der Waals surface area contributed by atoms with Crippen molar-refractivity contribution >= 4 is 19.6 Å². The van der Waals surface area contributed by atoms with Gasteiger partial charge in [0.15, 0.2) is 18.5 Å². The van der Waals surface area contributed by atoms with E-state index in [9.17, 15) is 24.4 Å². The maximum absolute atomic E-state index is 13.6. The number of benzene rings is 1. The van der Waals surface area contributed by atoms with Gasteiger partial charge in [-0.05, 0) is 39.0 Å². The van der Waals surface area contributed by atoms with Gasteiger partial charge in [-0.25, -0.2) is 4.57 Å². The summed E-state index contributed by atoms with van der Waals surface area (Å²) in [6.07, 6.45) is -2.50. The molecule has 1 aliphatic rings. The number of rotatable bonds is 11. The standard InChI is InChI=1S/C23H30N3O9P/c1-14(2)33-23(30)15(3)25-36(31,35-17-9-5-4-6-10-17)32-13-18-19(27)20(28)22(34-18)26-11-7-8-16(12-26)21(24)29/h4-12,14-15,18-20,22,27-28H,13H2,1-3H3,(H2-,24,25,29,31)/p+1/t15-,18+,19?,20-,22+,36-/m0/s1. The van der Waals surface area contributed by atoms with Crippen LogP contribution in [0.3, 0.4) is 0 Å². The van der Waals surface area contributed by atoms with Gasteiger partial charge in [0.05, 0.1) is 12.7 Å². The number of esters is 1.